The van der Waals surface area contributed by atoms with E-state index < -0.39 is 0 Å². The third kappa shape index (κ3) is 5.10. The van der Waals surface area contributed by atoms with Crippen LogP contribution in [0.15, 0.2) is 48.5 Å². The third-order valence-electron chi connectivity index (χ3n) is 5.41. The van der Waals surface area contributed by atoms with E-state index in [2.05, 4.69) is 41.4 Å². The first-order valence-electron chi connectivity index (χ1n) is 9.78. The number of hydrogen-bond donors (Lipinski definition) is 1. The van der Waals surface area contributed by atoms with Crippen LogP contribution in [0, 0.1) is 12.8 Å². The van der Waals surface area contributed by atoms with Crippen molar-refractivity contribution in [3.05, 3.63) is 65.2 Å². The van der Waals surface area contributed by atoms with E-state index in [1.165, 1.54) is 11.1 Å². The summed E-state index contributed by atoms with van der Waals surface area (Å²) in [5.41, 5.74) is 3.67. The van der Waals surface area contributed by atoms with Crippen LogP contribution in [-0.4, -0.2) is 31.0 Å². The monoisotopic (exact) mass is 366 g/mol. The highest BCUT2D eigenvalue weighted by molar-refractivity contribution is 5.79. The molecule has 1 atom stereocenters. The van der Waals surface area contributed by atoms with E-state index in [-0.39, 0.29) is 17.9 Å². The minimum Gasteiger partial charge on any atom is -0.496 e. The molecule has 0 bridgehead atoms. The molecule has 4 nitrogen and oxygen atoms in total. The summed E-state index contributed by atoms with van der Waals surface area (Å²) >= 11 is 0. The van der Waals surface area contributed by atoms with Gasteiger partial charge in [0.15, 0.2) is 0 Å². The zero-order valence-electron chi connectivity index (χ0n) is 16.6. The number of nitrogens with zero attached hydrogens (tertiary/aromatic N) is 1. The Morgan fingerprint density at radius 3 is 2.63 bits per heavy atom. The number of nitrogens with one attached hydrogen (secondary N) is 1. The molecule has 1 saturated heterocycles. The van der Waals surface area contributed by atoms with Crippen molar-refractivity contribution in [2.24, 2.45) is 5.92 Å². The fourth-order valence-electron chi connectivity index (χ4n) is 3.86. The van der Waals surface area contributed by atoms with Crippen LogP contribution in [0.4, 0.5) is 0 Å². The zero-order valence-corrected chi connectivity index (χ0v) is 16.6. The smallest absolute Gasteiger partial charge is 0.223 e. The van der Waals surface area contributed by atoms with Crippen molar-refractivity contribution in [3.8, 4) is 5.75 Å². The zero-order chi connectivity index (χ0) is 19.2. The van der Waals surface area contributed by atoms with Gasteiger partial charge >= 0.3 is 0 Å². The van der Waals surface area contributed by atoms with Crippen LogP contribution in [0.2, 0.25) is 0 Å². The average Bonchev–Trinajstić information content (AvgIpc) is 2.68. The van der Waals surface area contributed by atoms with Gasteiger partial charge in [0.1, 0.15) is 5.75 Å². The molecule has 0 aliphatic carbocycles. The topological polar surface area (TPSA) is 41.6 Å². The molecule has 0 spiro atoms. The molecule has 1 unspecified atom stereocenters. The van der Waals surface area contributed by atoms with Crippen molar-refractivity contribution < 1.29 is 9.53 Å². The normalized spacial score (nSPS) is 16.7. The first-order valence-corrected chi connectivity index (χ1v) is 9.78. The van der Waals surface area contributed by atoms with Gasteiger partial charge in [0.25, 0.3) is 0 Å². The Balaban J connectivity index is 1.51. The van der Waals surface area contributed by atoms with Gasteiger partial charge in [-0.2, -0.15) is 0 Å². The fourth-order valence-corrected chi connectivity index (χ4v) is 3.86. The molecule has 144 valence electrons. The standard InChI is InChI=1S/C23H30N2O2/c1-17-7-6-8-19(15-17)16-25-13-11-20(12-14-25)23(26)24-18(2)21-9-4-5-10-22(21)27-3/h4-10,15,18,20H,11-14,16H2,1-3H3,(H,24,26). The third-order valence-corrected chi connectivity index (χ3v) is 5.41. The molecular weight excluding hydrogens is 336 g/mol. The van der Waals surface area contributed by atoms with E-state index in [0.717, 1.165) is 43.8 Å². The highest BCUT2D eigenvalue weighted by Crippen LogP contribution is 2.26. The minimum atomic E-state index is -0.0565. The lowest BCUT2D eigenvalue weighted by atomic mass is 9.94. The van der Waals surface area contributed by atoms with Gasteiger partial charge in [-0.3, -0.25) is 9.69 Å². The molecule has 1 aliphatic rings. The van der Waals surface area contributed by atoms with E-state index in [4.69, 9.17) is 4.74 Å². The first kappa shape index (κ1) is 19.4. The Morgan fingerprint density at radius 1 is 1.19 bits per heavy atom. The number of amides is 1. The molecule has 4 heteroatoms. The van der Waals surface area contributed by atoms with Gasteiger partial charge in [0.05, 0.1) is 13.2 Å². The Bertz CT molecular complexity index is 766. The SMILES string of the molecule is COc1ccccc1C(C)NC(=O)C1CCN(Cc2cccc(C)c2)CC1. The predicted octanol–water partition coefficient (Wildman–Crippen LogP) is 4.09. The summed E-state index contributed by atoms with van der Waals surface area (Å²) in [6, 6.07) is 16.5. The number of para-hydroxylation sites is 1. The van der Waals surface area contributed by atoms with E-state index in [9.17, 15) is 4.79 Å². The van der Waals surface area contributed by atoms with Gasteiger partial charge in [-0.15, -0.1) is 0 Å². The second kappa shape index (κ2) is 9.05. The van der Waals surface area contributed by atoms with Crippen LogP contribution in [0.25, 0.3) is 0 Å². The number of likely N-dealkylation sites (tertiary alicyclic amines) is 1. The number of benzene rings is 2. The van der Waals surface area contributed by atoms with Crippen molar-refractivity contribution in [3.63, 3.8) is 0 Å². The molecule has 27 heavy (non-hydrogen) atoms. The number of piperidine rings is 1. The maximum atomic E-state index is 12.7. The Kier molecular flexibility index (Phi) is 6.51. The number of carbonyl (C=O) groups is 1. The lowest BCUT2D eigenvalue weighted by molar-refractivity contribution is -0.127. The lowest BCUT2D eigenvalue weighted by Gasteiger charge is -2.32. The molecule has 2 aromatic rings. The van der Waals surface area contributed by atoms with Crippen molar-refractivity contribution in [2.45, 2.75) is 39.3 Å². The van der Waals surface area contributed by atoms with E-state index in [0.29, 0.717) is 0 Å². The summed E-state index contributed by atoms with van der Waals surface area (Å²) in [5, 5.41) is 3.18. The number of hydrogen-bond acceptors (Lipinski definition) is 3. The van der Waals surface area contributed by atoms with Crippen LogP contribution in [0.3, 0.4) is 0 Å². The first-order chi connectivity index (χ1) is 13.1. The Hall–Kier alpha value is -2.33. The van der Waals surface area contributed by atoms with Crippen LogP contribution < -0.4 is 10.1 Å². The number of methoxy groups -OCH3 is 1. The van der Waals surface area contributed by atoms with Gasteiger partial charge < -0.3 is 10.1 Å². The predicted molar refractivity (Wildman–Crippen MR) is 109 cm³/mol. The van der Waals surface area contributed by atoms with Gasteiger partial charge in [-0.1, -0.05) is 48.0 Å². The maximum absolute atomic E-state index is 12.7. The number of aryl methyl sites for hydroxylation is 1. The quantitative estimate of drug-likeness (QED) is 0.837. The Morgan fingerprint density at radius 2 is 1.93 bits per heavy atom. The molecule has 3 rings (SSSR count). The molecule has 1 aliphatic heterocycles. The van der Waals surface area contributed by atoms with Gasteiger partial charge in [-0.25, -0.2) is 0 Å². The van der Waals surface area contributed by atoms with Gasteiger partial charge in [0.2, 0.25) is 5.91 Å². The number of rotatable bonds is 6. The fraction of sp³-hybridized carbons (Fsp3) is 0.435. The number of carbonyl (C=O) groups excluding carboxylic acids is 1. The highest BCUT2D eigenvalue weighted by atomic mass is 16.5. The van der Waals surface area contributed by atoms with Gasteiger partial charge in [-0.05, 0) is 51.4 Å². The van der Waals surface area contributed by atoms with Crippen molar-refractivity contribution in [1.29, 1.82) is 0 Å². The van der Waals surface area contributed by atoms with Gasteiger partial charge in [0, 0.05) is 18.0 Å². The number of ether oxygens (including phenoxy) is 1. The van der Waals surface area contributed by atoms with E-state index in [1.807, 2.05) is 31.2 Å². The molecular formula is C23H30N2O2. The molecule has 1 N–H and O–H groups in total. The van der Waals surface area contributed by atoms with E-state index >= 15 is 0 Å². The van der Waals surface area contributed by atoms with Crippen LogP contribution in [0.5, 0.6) is 5.75 Å². The van der Waals surface area contributed by atoms with Crippen LogP contribution >= 0.6 is 0 Å². The Labute approximate surface area is 162 Å². The summed E-state index contributed by atoms with van der Waals surface area (Å²) in [6.07, 6.45) is 1.83. The molecule has 0 aromatic heterocycles. The summed E-state index contributed by atoms with van der Waals surface area (Å²) in [6.45, 7) is 7.05. The molecule has 0 radical (unpaired) electrons. The van der Waals surface area contributed by atoms with Crippen molar-refractivity contribution >= 4 is 5.91 Å². The van der Waals surface area contributed by atoms with E-state index in [1.54, 1.807) is 7.11 Å². The molecule has 1 amide bonds. The lowest BCUT2D eigenvalue weighted by Crippen LogP contribution is -2.40. The van der Waals surface area contributed by atoms with Crippen molar-refractivity contribution in [2.75, 3.05) is 20.2 Å². The summed E-state index contributed by atoms with van der Waals surface area (Å²) < 4.78 is 5.41. The maximum Gasteiger partial charge on any atom is 0.223 e. The molecule has 2 aromatic carbocycles. The van der Waals surface area contributed by atoms with Crippen LogP contribution in [-0.2, 0) is 11.3 Å². The molecule has 1 fully saturated rings. The molecule has 1 heterocycles. The summed E-state index contributed by atoms with van der Waals surface area (Å²) in [4.78, 5) is 15.2. The second-order valence-corrected chi connectivity index (χ2v) is 7.51. The minimum absolute atomic E-state index is 0.0565. The second-order valence-electron chi connectivity index (χ2n) is 7.51. The average molecular weight is 367 g/mol. The summed E-state index contributed by atoms with van der Waals surface area (Å²) in [5.74, 6) is 1.07. The highest BCUT2D eigenvalue weighted by Gasteiger charge is 2.26. The largest absolute Gasteiger partial charge is 0.496 e. The van der Waals surface area contributed by atoms with Crippen molar-refractivity contribution in [1.82, 2.24) is 10.2 Å². The molecule has 0 saturated carbocycles. The van der Waals surface area contributed by atoms with Crippen LogP contribution in [0.1, 0.15) is 42.5 Å². The summed E-state index contributed by atoms with van der Waals surface area (Å²) in [7, 11) is 1.66.